The molecule has 0 saturated carbocycles. The number of nitrogens with one attached hydrogen (secondary N) is 1. The Kier molecular flexibility index (Phi) is 3.59. The van der Waals surface area contributed by atoms with E-state index in [4.69, 9.17) is 4.74 Å². The third-order valence-electron chi connectivity index (χ3n) is 3.18. The maximum Gasteiger partial charge on any atom is 0.224 e. The summed E-state index contributed by atoms with van der Waals surface area (Å²) < 4.78 is 5.42. The molecule has 0 radical (unpaired) electrons. The summed E-state index contributed by atoms with van der Waals surface area (Å²) in [7, 11) is 0. The molecule has 0 bridgehead atoms. The SMILES string of the molecule is CC1CN(C(=O)CC2CCCN2)CCO1. The molecular weight excluding hydrogens is 192 g/mol. The molecule has 0 spiro atoms. The van der Waals surface area contributed by atoms with Gasteiger partial charge < -0.3 is 15.0 Å². The summed E-state index contributed by atoms with van der Waals surface area (Å²) in [5.41, 5.74) is 0. The van der Waals surface area contributed by atoms with E-state index >= 15 is 0 Å². The van der Waals surface area contributed by atoms with Crippen LogP contribution in [0.4, 0.5) is 0 Å². The number of carbonyl (C=O) groups is 1. The molecule has 2 saturated heterocycles. The fourth-order valence-corrected chi connectivity index (χ4v) is 2.32. The molecule has 2 atom stereocenters. The lowest BCUT2D eigenvalue weighted by Crippen LogP contribution is -2.46. The average Bonchev–Trinajstić information content (AvgIpc) is 2.70. The molecule has 1 N–H and O–H groups in total. The van der Waals surface area contributed by atoms with Gasteiger partial charge in [-0.1, -0.05) is 0 Å². The second-order valence-electron chi connectivity index (χ2n) is 4.52. The molecule has 0 aliphatic carbocycles. The van der Waals surface area contributed by atoms with E-state index in [1.54, 1.807) is 0 Å². The topological polar surface area (TPSA) is 41.6 Å². The molecule has 2 heterocycles. The van der Waals surface area contributed by atoms with Crippen LogP contribution in [0.2, 0.25) is 0 Å². The maximum atomic E-state index is 11.9. The zero-order valence-corrected chi connectivity index (χ0v) is 9.37. The van der Waals surface area contributed by atoms with Crippen LogP contribution in [-0.4, -0.2) is 49.2 Å². The Morgan fingerprint density at radius 3 is 3.13 bits per heavy atom. The summed E-state index contributed by atoms with van der Waals surface area (Å²) in [4.78, 5) is 13.9. The molecule has 2 fully saturated rings. The van der Waals surface area contributed by atoms with Gasteiger partial charge in [-0.05, 0) is 26.3 Å². The van der Waals surface area contributed by atoms with E-state index in [0.29, 0.717) is 19.1 Å². The Bertz CT molecular complexity index is 227. The van der Waals surface area contributed by atoms with Gasteiger partial charge in [0, 0.05) is 25.6 Å². The van der Waals surface area contributed by atoms with Crippen molar-refractivity contribution < 1.29 is 9.53 Å². The zero-order valence-electron chi connectivity index (χ0n) is 9.37. The van der Waals surface area contributed by atoms with Gasteiger partial charge in [-0.2, -0.15) is 0 Å². The summed E-state index contributed by atoms with van der Waals surface area (Å²) >= 11 is 0. The average molecular weight is 212 g/mol. The summed E-state index contributed by atoms with van der Waals surface area (Å²) in [6, 6.07) is 0.413. The number of morpholine rings is 1. The van der Waals surface area contributed by atoms with E-state index in [0.717, 1.165) is 26.1 Å². The number of amides is 1. The van der Waals surface area contributed by atoms with Crippen molar-refractivity contribution in [3.8, 4) is 0 Å². The fraction of sp³-hybridized carbons (Fsp3) is 0.909. The largest absolute Gasteiger partial charge is 0.375 e. The number of hydrogen-bond donors (Lipinski definition) is 1. The third kappa shape index (κ3) is 2.92. The van der Waals surface area contributed by atoms with Gasteiger partial charge in [-0.15, -0.1) is 0 Å². The molecule has 4 nitrogen and oxygen atoms in total. The van der Waals surface area contributed by atoms with Gasteiger partial charge in [-0.25, -0.2) is 0 Å². The summed E-state index contributed by atoms with van der Waals surface area (Å²) in [5.74, 6) is 0.282. The van der Waals surface area contributed by atoms with Gasteiger partial charge >= 0.3 is 0 Å². The Hall–Kier alpha value is -0.610. The number of ether oxygens (including phenoxy) is 1. The summed E-state index contributed by atoms with van der Waals surface area (Å²) in [6.07, 6.45) is 3.20. The Morgan fingerprint density at radius 1 is 1.60 bits per heavy atom. The minimum absolute atomic E-state index is 0.194. The quantitative estimate of drug-likeness (QED) is 0.719. The highest BCUT2D eigenvalue weighted by molar-refractivity contribution is 5.77. The number of carbonyl (C=O) groups excluding carboxylic acids is 1. The van der Waals surface area contributed by atoms with E-state index in [9.17, 15) is 4.79 Å². The van der Waals surface area contributed by atoms with Crippen LogP contribution in [0.1, 0.15) is 26.2 Å². The molecule has 0 aromatic heterocycles. The lowest BCUT2D eigenvalue weighted by Gasteiger charge is -2.31. The highest BCUT2D eigenvalue weighted by atomic mass is 16.5. The molecule has 2 rings (SSSR count). The van der Waals surface area contributed by atoms with Crippen LogP contribution in [0.5, 0.6) is 0 Å². The maximum absolute atomic E-state index is 11.9. The molecular formula is C11H20N2O2. The lowest BCUT2D eigenvalue weighted by atomic mass is 10.1. The first kappa shape index (κ1) is 10.9. The van der Waals surface area contributed by atoms with Crippen LogP contribution in [0.15, 0.2) is 0 Å². The van der Waals surface area contributed by atoms with Crippen molar-refractivity contribution >= 4 is 5.91 Å². The number of nitrogens with zero attached hydrogens (tertiary/aromatic N) is 1. The van der Waals surface area contributed by atoms with Gasteiger partial charge in [0.2, 0.25) is 5.91 Å². The molecule has 2 unspecified atom stereocenters. The van der Waals surface area contributed by atoms with E-state index in [1.165, 1.54) is 6.42 Å². The molecule has 4 heteroatoms. The van der Waals surface area contributed by atoms with Crippen molar-refractivity contribution in [2.24, 2.45) is 0 Å². The Balaban J connectivity index is 1.78. The van der Waals surface area contributed by atoms with Gasteiger partial charge in [0.05, 0.1) is 12.7 Å². The first-order chi connectivity index (χ1) is 7.25. The van der Waals surface area contributed by atoms with E-state index in [2.05, 4.69) is 5.32 Å². The van der Waals surface area contributed by atoms with Gasteiger partial charge in [0.25, 0.3) is 0 Å². The lowest BCUT2D eigenvalue weighted by molar-refractivity contribution is -0.138. The third-order valence-corrected chi connectivity index (χ3v) is 3.18. The Labute approximate surface area is 91.0 Å². The standard InChI is InChI=1S/C11H20N2O2/c1-9-8-13(5-6-15-9)11(14)7-10-3-2-4-12-10/h9-10,12H,2-8H2,1H3. The Morgan fingerprint density at radius 2 is 2.47 bits per heavy atom. The number of rotatable bonds is 2. The van der Waals surface area contributed by atoms with Crippen molar-refractivity contribution in [1.29, 1.82) is 0 Å². The van der Waals surface area contributed by atoms with Gasteiger partial charge in [0.15, 0.2) is 0 Å². The minimum atomic E-state index is 0.194. The van der Waals surface area contributed by atoms with Crippen molar-refractivity contribution in [2.45, 2.75) is 38.3 Å². The van der Waals surface area contributed by atoms with Gasteiger partial charge in [0.1, 0.15) is 0 Å². The van der Waals surface area contributed by atoms with Crippen molar-refractivity contribution in [1.82, 2.24) is 10.2 Å². The molecule has 86 valence electrons. The first-order valence-electron chi connectivity index (χ1n) is 5.88. The fourth-order valence-electron chi connectivity index (χ4n) is 2.32. The predicted molar refractivity (Wildman–Crippen MR) is 57.6 cm³/mol. The predicted octanol–water partition coefficient (Wildman–Crippen LogP) is 0.376. The molecule has 2 aliphatic heterocycles. The van der Waals surface area contributed by atoms with Crippen molar-refractivity contribution in [3.63, 3.8) is 0 Å². The van der Waals surface area contributed by atoms with Crippen LogP contribution in [0.25, 0.3) is 0 Å². The molecule has 2 aliphatic rings. The highest BCUT2D eigenvalue weighted by Gasteiger charge is 2.24. The molecule has 0 aromatic rings. The van der Waals surface area contributed by atoms with Crippen molar-refractivity contribution in [2.75, 3.05) is 26.2 Å². The normalized spacial score (nSPS) is 31.9. The second kappa shape index (κ2) is 4.94. The monoisotopic (exact) mass is 212 g/mol. The first-order valence-corrected chi connectivity index (χ1v) is 5.88. The highest BCUT2D eigenvalue weighted by Crippen LogP contribution is 2.12. The van der Waals surface area contributed by atoms with Crippen LogP contribution >= 0.6 is 0 Å². The minimum Gasteiger partial charge on any atom is -0.375 e. The smallest absolute Gasteiger partial charge is 0.224 e. The summed E-state index contributed by atoms with van der Waals surface area (Å²) in [6.45, 7) is 5.29. The molecule has 15 heavy (non-hydrogen) atoms. The van der Waals surface area contributed by atoms with Crippen LogP contribution in [-0.2, 0) is 9.53 Å². The van der Waals surface area contributed by atoms with Crippen LogP contribution in [0, 0.1) is 0 Å². The van der Waals surface area contributed by atoms with Crippen molar-refractivity contribution in [3.05, 3.63) is 0 Å². The summed E-state index contributed by atoms with van der Waals surface area (Å²) in [5, 5.41) is 3.36. The zero-order chi connectivity index (χ0) is 10.7. The van der Waals surface area contributed by atoms with Crippen LogP contribution in [0.3, 0.4) is 0 Å². The second-order valence-corrected chi connectivity index (χ2v) is 4.52. The molecule has 1 amide bonds. The van der Waals surface area contributed by atoms with E-state index in [1.807, 2.05) is 11.8 Å². The van der Waals surface area contributed by atoms with E-state index in [-0.39, 0.29) is 12.0 Å². The van der Waals surface area contributed by atoms with Gasteiger partial charge in [-0.3, -0.25) is 4.79 Å². The number of hydrogen-bond acceptors (Lipinski definition) is 3. The molecule has 0 aromatic carbocycles. The van der Waals surface area contributed by atoms with Crippen LogP contribution < -0.4 is 5.32 Å². The van der Waals surface area contributed by atoms with E-state index < -0.39 is 0 Å².